The molecular formula is C15H22N2O2. The highest BCUT2D eigenvalue weighted by Gasteiger charge is 2.14. The second kappa shape index (κ2) is 7.79. The van der Waals surface area contributed by atoms with E-state index in [0.29, 0.717) is 25.8 Å². The summed E-state index contributed by atoms with van der Waals surface area (Å²) >= 11 is 0. The summed E-state index contributed by atoms with van der Waals surface area (Å²) in [4.78, 5) is 11.6. The van der Waals surface area contributed by atoms with Crippen LogP contribution in [0.5, 0.6) is 0 Å². The number of hydrogen-bond acceptors (Lipinski definition) is 3. The highest BCUT2D eigenvalue weighted by molar-refractivity contribution is 5.80. The van der Waals surface area contributed by atoms with Gasteiger partial charge < -0.3 is 15.4 Å². The van der Waals surface area contributed by atoms with Crippen LogP contribution in [0, 0.1) is 0 Å². The van der Waals surface area contributed by atoms with Crippen molar-refractivity contribution in [1.82, 2.24) is 5.32 Å². The average Bonchev–Trinajstić information content (AvgIpc) is 2.96. The van der Waals surface area contributed by atoms with Crippen LogP contribution in [0.4, 0.5) is 5.69 Å². The molecule has 0 heterocycles. The smallest absolute Gasteiger partial charge is 0.239 e. The molecule has 0 aromatic heterocycles. The quantitative estimate of drug-likeness (QED) is 0.740. The lowest BCUT2D eigenvalue weighted by Gasteiger charge is -2.12. The van der Waals surface area contributed by atoms with Crippen LogP contribution in [0.1, 0.15) is 25.7 Å². The molecule has 19 heavy (non-hydrogen) atoms. The van der Waals surface area contributed by atoms with E-state index in [1.54, 1.807) is 0 Å². The minimum atomic E-state index is -0.00104. The van der Waals surface area contributed by atoms with Gasteiger partial charge in [0.05, 0.1) is 19.3 Å². The van der Waals surface area contributed by atoms with Crippen molar-refractivity contribution in [3.05, 3.63) is 30.3 Å². The fraction of sp³-hybridized carbons (Fsp3) is 0.533. The summed E-state index contributed by atoms with van der Waals surface area (Å²) in [6.45, 7) is 1.50. The summed E-state index contributed by atoms with van der Waals surface area (Å²) in [6, 6.07) is 9.71. The van der Waals surface area contributed by atoms with E-state index in [4.69, 9.17) is 4.74 Å². The highest BCUT2D eigenvalue weighted by Crippen LogP contribution is 2.20. The Morgan fingerprint density at radius 3 is 2.68 bits per heavy atom. The number of benzene rings is 1. The van der Waals surface area contributed by atoms with E-state index in [1.165, 1.54) is 25.7 Å². The van der Waals surface area contributed by atoms with Gasteiger partial charge in [-0.2, -0.15) is 0 Å². The van der Waals surface area contributed by atoms with Crippen molar-refractivity contribution in [1.29, 1.82) is 0 Å². The monoisotopic (exact) mass is 262 g/mol. The standard InChI is InChI=1S/C15H22N2O2/c18-15(12-17-13-6-2-1-3-7-13)16-10-11-19-14-8-4-5-9-14/h1-3,6-7,14,17H,4-5,8-12H2,(H,16,18). The van der Waals surface area contributed by atoms with E-state index in [1.807, 2.05) is 30.3 Å². The number of para-hydroxylation sites is 1. The van der Waals surface area contributed by atoms with Gasteiger partial charge in [-0.25, -0.2) is 0 Å². The van der Waals surface area contributed by atoms with Crippen molar-refractivity contribution in [3.8, 4) is 0 Å². The molecule has 1 fully saturated rings. The molecule has 1 aliphatic carbocycles. The molecule has 0 aliphatic heterocycles. The molecule has 1 saturated carbocycles. The van der Waals surface area contributed by atoms with Gasteiger partial charge in [0, 0.05) is 12.2 Å². The van der Waals surface area contributed by atoms with Gasteiger partial charge >= 0.3 is 0 Å². The first kappa shape index (κ1) is 13.9. The molecule has 0 spiro atoms. The van der Waals surface area contributed by atoms with E-state index in [-0.39, 0.29) is 5.91 Å². The third kappa shape index (κ3) is 5.30. The Kier molecular flexibility index (Phi) is 5.69. The van der Waals surface area contributed by atoms with E-state index in [0.717, 1.165) is 5.69 Å². The molecule has 0 bridgehead atoms. The maximum absolute atomic E-state index is 11.6. The fourth-order valence-corrected chi connectivity index (χ4v) is 2.27. The van der Waals surface area contributed by atoms with Crippen molar-refractivity contribution in [2.24, 2.45) is 0 Å². The van der Waals surface area contributed by atoms with Gasteiger partial charge in [-0.15, -0.1) is 0 Å². The van der Waals surface area contributed by atoms with Gasteiger partial charge in [-0.05, 0) is 25.0 Å². The minimum Gasteiger partial charge on any atom is -0.376 e. The van der Waals surface area contributed by atoms with Gasteiger partial charge in [0.15, 0.2) is 0 Å². The highest BCUT2D eigenvalue weighted by atomic mass is 16.5. The lowest BCUT2D eigenvalue weighted by Crippen LogP contribution is -2.33. The lowest BCUT2D eigenvalue weighted by molar-refractivity contribution is -0.119. The Bertz CT molecular complexity index is 375. The van der Waals surface area contributed by atoms with Crippen molar-refractivity contribution in [2.45, 2.75) is 31.8 Å². The number of hydrogen-bond donors (Lipinski definition) is 2. The molecule has 2 rings (SSSR count). The number of amides is 1. The number of carbonyl (C=O) groups excluding carboxylic acids is 1. The zero-order valence-electron chi connectivity index (χ0n) is 11.2. The summed E-state index contributed by atoms with van der Waals surface area (Å²) in [5, 5.41) is 5.92. The first-order valence-corrected chi connectivity index (χ1v) is 7.02. The van der Waals surface area contributed by atoms with Crippen molar-refractivity contribution in [2.75, 3.05) is 25.0 Å². The minimum absolute atomic E-state index is 0.00104. The lowest BCUT2D eigenvalue weighted by atomic mass is 10.3. The zero-order valence-corrected chi connectivity index (χ0v) is 11.2. The number of rotatable bonds is 7. The summed E-state index contributed by atoms with van der Waals surface area (Å²) in [6.07, 6.45) is 5.31. The molecule has 0 radical (unpaired) electrons. The summed E-state index contributed by atoms with van der Waals surface area (Å²) < 4.78 is 5.68. The third-order valence-corrected chi connectivity index (χ3v) is 3.31. The van der Waals surface area contributed by atoms with E-state index in [2.05, 4.69) is 10.6 Å². The third-order valence-electron chi connectivity index (χ3n) is 3.31. The molecule has 4 heteroatoms. The number of ether oxygens (including phenoxy) is 1. The molecule has 1 aromatic carbocycles. The second-order valence-electron chi connectivity index (χ2n) is 4.85. The Morgan fingerprint density at radius 2 is 1.95 bits per heavy atom. The maximum Gasteiger partial charge on any atom is 0.239 e. The molecule has 0 saturated heterocycles. The first-order chi connectivity index (χ1) is 9.34. The van der Waals surface area contributed by atoms with Gasteiger partial charge in [0.2, 0.25) is 5.91 Å². The molecule has 1 amide bonds. The topological polar surface area (TPSA) is 50.4 Å². The zero-order chi connectivity index (χ0) is 13.3. The van der Waals surface area contributed by atoms with Crippen LogP contribution in [0.25, 0.3) is 0 Å². The first-order valence-electron chi connectivity index (χ1n) is 7.02. The van der Waals surface area contributed by atoms with Gasteiger partial charge in [-0.1, -0.05) is 31.0 Å². The van der Waals surface area contributed by atoms with Crippen LogP contribution in [0.2, 0.25) is 0 Å². The van der Waals surface area contributed by atoms with Crippen LogP contribution < -0.4 is 10.6 Å². The molecule has 0 unspecified atom stereocenters. The maximum atomic E-state index is 11.6. The SMILES string of the molecule is O=C(CNc1ccccc1)NCCOC1CCCC1. The van der Waals surface area contributed by atoms with E-state index < -0.39 is 0 Å². The molecule has 4 nitrogen and oxygen atoms in total. The molecule has 1 aliphatic rings. The van der Waals surface area contributed by atoms with Crippen molar-refractivity contribution < 1.29 is 9.53 Å². The predicted octanol–water partition coefficient (Wildman–Crippen LogP) is 2.17. The van der Waals surface area contributed by atoms with Crippen LogP contribution in [0.3, 0.4) is 0 Å². The van der Waals surface area contributed by atoms with Crippen molar-refractivity contribution in [3.63, 3.8) is 0 Å². The Morgan fingerprint density at radius 1 is 1.21 bits per heavy atom. The van der Waals surface area contributed by atoms with Crippen LogP contribution in [-0.4, -0.2) is 31.7 Å². The van der Waals surface area contributed by atoms with Crippen LogP contribution in [-0.2, 0) is 9.53 Å². The van der Waals surface area contributed by atoms with Crippen LogP contribution in [0.15, 0.2) is 30.3 Å². The molecule has 1 aromatic rings. The average molecular weight is 262 g/mol. The normalized spacial score (nSPS) is 15.4. The van der Waals surface area contributed by atoms with Gasteiger partial charge in [-0.3, -0.25) is 4.79 Å². The van der Waals surface area contributed by atoms with Gasteiger partial charge in [0.1, 0.15) is 0 Å². The molecule has 104 valence electrons. The summed E-state index contributed by atoms with van der Waals surface area (Å²) in [5.74, 6) is -0.00104. The summed E-state index contributed by atoms with van der Waals surface area (Å²) in [7, 11) is 0. The van der Waals surface area contributed by atoms with E-state index in [9.17, 15) is 4.79 Å². The largest absolute Gasteiger partial charge is 0.376 e. The fourth-order valence-electron chi connectivity index (χ4n) is 2.27. The Labute approximate surface area is 114 Å². The molecule has 2 N–H and O–H groups in total. The van der Waals surface area contributed by atoms with E-state index >= 15 is 0 Å². The molecule has 0 atom stereocenters. The van der Waals surface area contributed by atoms with Crippen LogP contribution >= 0.6 is 0 Å². The van der Waals surface area contributed by atoms with Crippen molar-refractivity contribution >= 4 is 11.6 Å². The number of nitrogens with one attached hydrogen (secondary N) is 2. The Balaban J connectivity index is 1.52. The molecular weight excluding hydrogens is 240 g/mol. The predicted molar refractivity (Wildman–Crippen MR) is 76.1 cm³/mol. The second-order valence-corrected chi connectivity index (χ2v) is 4.85. The number of anilines is 1. The Hall–Kier alpha value is -1.55. The number of carbonyl (C=O) groups is 1. The van der Waals surface area contributed by atoms with Gasteiger partial charge in [0.25, 0.3) is 0 Å². The summed E-state index contributed by atoms with van der Waals surface area (Å²) in [5.41, 5.74) is 0.958.